The van der Waals surface area contributed by atoms with Gasteiger partial charge in [-0.3, -0.25) is 4.79 Å². The monoisotopic (exact) mass is 354 g/mol. The number of benzene rings is 1. The summed E-state index contributed by atoms with van der Waals surface area (Å²) >= 11 is 14.7. The zero-order valence-corrected chi connectivity index (χ0v) is 13.6. The second kappa shape index (κ2) is 6.23. The van der Waals surface area contributed by atoms with Crippen LogP contribution in [0.15, 0.2) is 45.6 Å². The third-order valence-corrected chi connectivity index (χ3v) is 4.71. The van der Waals surface area contributed by atoms with Crippen LogP contribution in [0.3, 0.4) is 0 Å². The molecule has 0 spiro atoms. The van der Waals surface area contributed by atoms with Gasteiger partial charge in [-0.15, -0.1) is 11.3 Å². The van der Waals surface area contributed by atoms with Crippen LogP contribution in [-0.4, -0.2) is 11.1 Å². The fourth-order valence-corrected chi connectivity index (χ4v) is 3.78. The molecular weight excluding hydrogens is 347 g/mol. The predicted molar refractivity (Wildman–Crippen MR) is 91.6 cm³/mol. The molecule has 1 amide bonds. The molecule has 7 heteroatoms. The van der Waals surface area contributed by atoms with Crippen LogP contribution in [0.25, 0.3) is 6.08 Å². The Morgan fingerprint density at radius 2 is 1.95 bits per heavy atom. The quantitative estimate of drug-likeness (QED) is 0.775. The highest BCUT2D eigenvalue weighted by atomic mass is 35.5. The largest absolute Gasteiger partial charge is 0.300 e. The van der Waals surface area contributed by atoms with Gasteiger partial charge in [0.2, 0.25) is 0 Å². The topological polar surface area (TPSA) is 41.5 Å². The van der Waals surface area contributed by atoms with Crippen molar-refractivity contribution in [3.63, 3.8) is 0 Å². The van der Waals surface area contributed by atoms with E-state index in [-0.39, 0.29) is 5.91 Å². The standard InChI is InChI=1S/C14H8Cl2N2OS2/c15-8-4-9(16)6-10(5-8)17-14-18-13(19)12(21-14)7-11-2-1-3-20-11/h1-7H,(H,17,18,19)/b12-7-. The summed E-state index contributed by atoms with van der Waals surface area (Å²) in [5.41, 5.74) is 0.604. The maximum absolute atomic E-state index is 11.9. The van der Waals surface area contributed by atoms with Crippen molar-refractivity contribution in [3.05, 3.63) is 55.5 Å². The number of carbonyl (C=O) groups excluding carboxylic acids is 1. The van der Waals surface area contributed by atoms with Crippen LogP contribution in [-0.2, 0) is 4.79 Å². The Morgan fingerprint density at radius 1 is 1.19 bits per heavy atom. The summed E-state index contributed by atoms with van der Waals surface area (Å²) in [7, 11) is 0. The van der Waals surface area contributed by atoms with E-state index in [2.05, 4.69) is 10.3 Å². The van der Waals surface area contributed by atoms with Crippen molar-refractivity contribution in [1.29, 1.82) is 0 Å². The molecule has 1 aromatic carbocycles. The van der Waals surface area contributed by atoms with E-state index in [1.54, 1.807) is 29.5 Å². The van der Waals surface area contributed by atoms with Crippen LogP contribution < -0.4 is 5.32 Å². The molecule has 1 aromatic heterocycles. The number of hydrogen-bond donors (Lipinski definition) is 1. The number of halogens is 2. The van der Waals surface area contributed by atoms with E-state index in [1.165, 1.54) is 11.8 Å². The number of aliphatic imine (C=N–C) groups is 1. The van der Waals surface area contributed by atoms with Crippen LogP contribution >= 0.6 is 46.3 Å². The van der Waals surface area contributed by atoms with Crippen molar-refractivity contribution in [2.75, 3.05) is 0 Å². The molecule has 0 bridgehead atoms. The second-order valence-electron chi connectivity index (χ2n) is 4.12. The molecule has 1 aliphatic rings. The second-order valence-corrected chi connectivity index (χ2v) is 7.01. The van der Waals surface area contributed by atoms with Crippen LogP contribution in [0.2, 0.25) is 10.0 Å². The summed E-state index contributed by atoms with van der Waals surface area (Å²) < 4.78 is 0. The van der Waals surface area contributed by atoms with Gasteiger partial charge in [-0.2, -0.15) is 0 Å². The van der Waals surface area contributed by atoms with E-state index in [9.17, 15) is 4.79 Å². The lowest BCUT2D eigenvalue weighted by molar-refractivity contribution is -0.115. The summed E-state index contributed by atoms with van der Waals surface area (Å²) in [6, 6.07) is 8.91. The van der Waals surface area contributed by atoms with E-state index in [0.29, 0.717) is 25.8 Å². The van der Waals surface area contributed by atoms with Gasteiger partial charge in [0.05, 0.1) is 10.6 Å². The maximum Gasteiger partial charge on any atom is 0.264 e. The van der Waals surface area contributed by atoms with Gasteiger partial charge >= 0.3 is 0 Å². The molecule has 1 aliphatic heterocycles. The molecule has 1 N–H and O–H groups in total. The Morgan fingerprint density at radius 3 is 2.62 bits per heavy atom. The number of thioether (sulfide) groups is 1. The molecule has 2 heterocycles. The highest BCUT2D eigenvalue weighted by Crippen LogP contribution is 2.30. The Labute approximate surface area is 139 Å². The van der Waals surface area contributed by atoms with E-state index in [0.717, 1.165) is 4.88 Å². The minimum absolute atomic E-state index is 0.153. The Hall–Kier alpha value is -1.27. The Kier molecular flexibility index (Phi) is 4.35. The molecule has 106 valence electrons. The number of thiophene rings is 1. The molecule has 3 rings (SSSR count). The summed E-state index contributed by atoms with van der Waals surface area (Å²) in [6.07, 6.45) is 1.85. The highest BCUT2D eigenvalue weighted by Gasteiger charge is 2.23. The molecule has 1 saturated heterocycles. The molecule has 0 atom stereocenters. The number of amides is 1. The maximum atomic E-state index is 11.9. The lowest BCUT2D eigenvalue weighted by atomic mass is 10.3. The summed E-state index contributed by atoms with van der Waals surface area (Å²) in [6.45, 7) is 0. The number of carbonyl (C=O) groups is 1. The number of rotatable bonds is 2. The fraction of sp³-hybridized carbons (Fsp3) is 0. The SMILES string of the molecule is O=C1NC(=Nc2cc(Cl)cc(Cl)c2)S/C1=C\c1cccs1. The van der Waals surface area contributed by atoms with Gasteiger partial charge in [-0.05, 0) is 47.5 Å². The predicted octanol–water partition coefficient (Wildman–Crippen LogP) is 4.95. The molecule has 0 unspecified atom stereocenters. The van der Waals surface area contributed by atoms with Gasteiger partial charge in [-0.25, -0.2) is 4.99 Å². The van der Waals surface area contributed by atoms with Crippen molar-refractivity contribution in [2.24, 2.45) is 4.99 Å². The molecule has 1 fully saturated rings. The van der Waals surface area contributed by atoms with E-state index < -0.39 is 0 Å². The van der Waals surface area contributed by atoms with Gasteiger partial charge in [0.25, 0.3) is 5.91 Å². The average Bonchev–Trinajstić information content (AvgIpc) is 3.00. The third kappa shape index (κ3) is 3.68. The van der Waals surface area contributed by atoms with Gasteiger partial charge in [0.15, 0.2) is 5.17 Å². The summed E-state index contributed by atoms with van der Waals surface area (Å²) in [4.78, 5) is 17.9. The fourth-order valence-electron chi connectivity index (χ4n) is 1.70. The minimum Gasteiger partial charge on any atom is -0.300 e. The Bertz CT molecular complexity index is 734. The third-order valence-electron chi connectivity index (χ3n) is 2.55. The first-order valence-corrected chi connectivity index (χ1v) is 8.34. The lowest BCUT2D eigenvalue weighted by Crippen LogP contribution is -2.19. The van der Waals surface area contributed by atoms with Crippen molar-refractivity contribution in [3.8, 4) is 0 Å². The average molecular weight is 355 g/mol. The van der Waals surface area contributed by atoms with Crippen molar-refractivity contribution < 1.29 is 4.79 Å². The minimum atomic E-state index is -0.153. The molecule has 0 aliphatic carbocycles. The van der Waals surface area contributed by atoms with Crippen LogP contribution in [0.5, 0.6) is 0 Å². The number of hydrogen-bond acceptors (Lipinski definition) is 4. The van der Waals surface area contributed by atoms with Crippen molar-refractivity contribution in [1.82, 2.24) is 5.32 Å². The smallest absolute Gasteiger partial charge is 0.264 e. The zero-order chi connectivity index (χ0) is 14.8. The normalized spacial score (nSPS) is 18.5. The highest BCUT2D eigenvalue weighted by molar-refractivity contribution is 8.18. The zero-order valence-electron chi connectivity index (χ0n) is 10.5. The number of nitrogens with one attached hydrogen (secondary N) is 1. The molecular formula is C14H8Cl2N2OS2. The molecule has 0 radical (unpaired) electrons. The molecule has 0 saturated carbocycles. The van der Waals surface area contributed by atoms with Gasteiger partial charge in [0, 0.05) is 14.9 Å². The van der Waals surface area contributed by atoms with Gasteiger partial charge < -0.3 is 5.32 Å². The van der Waals surface area contributed by atoms with Crippen molar-refractivity contribution >= 4 is 69.1 Å². The summed E-state index contributed by atoms with van der Waals surface area (Å²) in [5.74, 6) is -0.153. The van der Waals surface area contributed by atoms with Crippen LogP contribution in [0, 0.1) is 0 Å². The van der Waals surface area contributed by atoms with Crippen molar-refractivity contribution in [2.45, 2.75) is 0 Å². The lowest BCUT2D eigenvalue weighted by Gasteiger charge is -1.98. The first-order valence-electron chi connectivity index (χ1n) is 5.89. The molecule has 3 nitrogen and oxygen atoms in total. The number of amidine groups is 1. The van der Waals surface area contributed by atoms with Gasteiger partial charge in [-0.1, -0.05) is 29.3 Å². The Balaban J connectivity index is 1.85. The van der Waals surface area contributed by atoms with E-state index in [1.807, 2.05) is 23.6 Å². The first kappa shape index (κ1) is 14.7. The first-order chi connectivity index (χ1) is 10.1. The molecule has 21 heavy (non-hydrogen) atoms. The molecule has 2 aromatic rings. The van der Waals surface area contributed by atoms with Crippen LogP contribution in [0.4, 0.5) is 5.69 Å². The van der Waals surface area contributed by atoms with E-state index in [4.69, 9.17) is 23.2 Å². The van der Waals surface area contributed by atoms with E-state index >= 15 is 0 Å². The number of nitrogens with zero attached hydrogens (tertiary/aromatic N) is 1. The summed E-state index contributed by atoms with van der Waals surface area (Å²) in [5, 5.41) is 6.22. The van der Waals surface area contributed by atoms with Gasteiger partial charge in [0.1, 0.15) is 0 Å². The van der Waals surface area contributed by atoms with Crippen LogP contribution in [0.1, 0.15) is 4.88 Å².